The van der Waals surface area contributed by atoms with E-state index in [1.807, 2.05) is 0 Å². The molecule has 3 aliphatic rings. The molecule has 6 nitrogen and oxygen atoms in total. The zero-order chi connectivity index (χ0) is 20.7. The zero-order valence-electron chi connectivity index (χ0n) is 16.5. The van der Waals surface area contributed by atoms with Crippen LogP contribution in [0.4, 0.5) is 0 Å². The van der Waals surface area contributed by atoms with Crippen molar-refractivity contribution in [3.63, 3.8) is 0 Å². The third kappa shape index (κ3) is 3.84. The van der Waals surface area contributed by atoms with Gasteiger partial charge in [-0.15, -0.1) is 11.3 Å². The van der Waals surface area contributed by atoms with Gasteiger partial charge in [-0.2, -0.15) is 0 Å². The SMILES string of the molecule is C[C@@]1(c2sc(C#CCCN3CCOCC3)cc2Cl)CS(=O)(=O)C2(CCC2)C(N)=N1. The molecule has 29 heavy (non-hydrogen) atoms. The maximum Gasteiger partial charge on any atom is 0.165 e. The minimum absolute atomic E-state index is 0.0646. The number of hydrogen-bond acceptors (Lipinski definition) is 7. The molecule has 1 atom stereocenters. The van der Waals surface area contributed by atoms with E-state index in [4.69, 9.17) is 22.1 Å². The van der Waals surface area contributed by atoms with Crippen LogP contribution < -0.4 is 5.73 Å². The third-order valence-electron chi connectivity index (χ3n) is 6.11. The highest BCUT2D eigenvalue weighted by atomic mass is 35.5. The minimum Gasteiger partial charge on any atom is -0.386 e. The number of nitrogens with zero attached hydrogens (tertiary/aromatic N) is 2. The van der Waals surface area contributed by atoms with E-state index in [1.165, 1.54) is 11.3 Å². The van der Waals surface area contributed by atoms with Crippen molar-refractivity contribution in [1.82, 2.24) is 4.90 Å². The Morgan fingerprint density at radius 2 is 2.10 bits per heavy atom. The number of morpholine rings is 1. The highest BCUT2D eigenvalue weighted by Crippen LogP contribution is 2.49. The molecule has 0 unspecified atom stereocenters. The van der Waals surface area contributed by atoms with Gasteiger partial charge in [-0.25, -0.2) is 8.42 Å². The lowest BCUT2D eigenvalue weighted by molar-refractivity contribution is 0.0390. The Morgan fingerprint density at radius 1 is 1.38 bits per heavy atom. The summed E-state index contributed by atoms with van der Waals surface area (Å²) < 4.78 is 30.5. The number of amidine groups is 1. The van der Waals surface area contributed by atoms with Crippen LogP contribution in [0.1, 0.15) is 42.4 Å². The highest BCUT2D eigenvalue weighted by molar-refractivity contribution is 7.93. The fourth-order valence-corrected chi connectivity index (χ4v) is 8.33. The van der Waals surface area contributed by atoms with Crippen molar-refractivity contribution in [2.45, 2.75) is 42.9 Å². The molecule has 1 saturated carbocycles. The number of hydrogen-bond donors (Lipinski definition) is 1. The molecule has 0 aromatic carbocycles. The molecule has 4 rings (SSSR count). The van der Waals surface area contributed by atoms with Gasteiger partial charge >= 0.3 is 0 Å². The number of sulfone groups is 1. The van der Waals surface area contributed by atoms with E-state index in [1.54, 1.807) is 13.0 Å². The van der Waals surface area contributed by atoms with Gasteiger partial charge < -0.3 is 10.5 Å². The summed E-state index contributed by atoms with van der Waals surface area (Å²) in [5.74, 6) is 6.54. The first kappa shape index (κ1) is 21.1. The number of rotatable bonds is 3. The van der Waals surface area contributed by atoms with E-state index in [-0.39, 0.29) is 11.6 Å². The van der Waals surface area contributed by atoms with E-state index in [0.717, 1.165) is 55.4 Å². The Labute approximate surface area is 181 Å². The Kier molecular flexibility index (Phi) is 5.73. The van der Waals surface area contributed by atoms with Gasteiger partial charge in [0.15, 0.2) is 9.84 Å². The van der Waals surface area contributed by atoms with Crippen molar-refractivity contribution in [2.75, 3.05) is 38.6 Å². The fourth-order valence-electron chi connectivity index (χ4n) is 4.23. The molecule has 2 fully saturated rings. The predicted molar refractivity (Wildman–Crippen MR) is 117 cm³/mol. The smallest absolute Gasteiger partial charge is 0.165 e. The molecular weight excluding hydrogens is 430 g/mol. The van der Waals surface area contributed by atoms with Gasteiger partial charge in [-0.1, -0.05) is 23.4 Å². The maximum absolute atomic E-state index is 13.0. The van der Waals surface area contributed by atoms with Crippen LogP contribution in [-0.2, 0) is 20.1 Å². The Balaban J connectivity index is 1.51. The summed E-state index contributed by atoms with van der Waals surface area (Å²) >= 11 is 7.89. The average Bonchev–Trinajstić information content (AvgIpc) is 2.98. The second kappa shape index (κ2) is 7.86. The molecule has 1 aromatic heterocycles. The van der Waals surface area contributed by atoms with Crippen molar-refractivity contribution >= 4 is 38.6 Å². The van der Waals surface area contributed by atoms with E-state index < -0.39 is 20.1 Å². The second-order valence-corrected chi connectivity index (χ2v) is 11.9. The number of halogens is 1. The monoisotopic (exact) mass is 455 g/mol. The fraction of sp³-hybridized carbons (Fsp3) is 0.650. The number of ether oxygens (including phenoxy) is 1. The number of nitrogens with two attached hydrogens (primary N) is 1. The summed E-state index contributed by atoms with van der Waals surface area (Å²) in [6, 6.07) is 1.81. The van der Waals surface area contributed by atoms with Crippen LogP contribution in [-0.4, -0.2) is 62.5 Å². The quantitative estimate of drug-likeness (QED) is 0.707. The van der Waals surface area contributed by atoms with Gasteiger partial charge in [0.2, 0.25) is 0 Å². The van der Waals surface area contributed by atoms with Crippen LogP contribution in [0.15, 0.2) is 11.1 Å². The number of aliphatic imine (C=N–C) groups is 1. The van der Waals surface area contributed by atoms with E-state index in [2.05, 4.69) is 21.7 Å². The summed E-state index contributed by atoms with van der Waals surface area (Å²) in [4.78, 5) is 8.54. The largest absolute Gasteiger partial charge is 0.386 e. The summed E-state index contributed by atoms with van der Waals surface area (Å²) in [5.41, 5.74) is 5.22. The van der Waals surface area contributed by atoms with Gasteiger partial charge in [0.25, 0.3) is 0 Å². The van der Waals surface area contributed by atoms with Crippen molar-refractivity contribution in [2.24, 2.45) is 10.7 Å². The number of thiophene rings is 1. The topological polar surface area (TPSA) is 85.0 Å². The Morgan fingerprint density at radius 3 is 2.72 bits per heavy atom. The first-order chi connectivity index (χ1) is 13.8. The van der Waals surface area contributed by atoms with Crippen LogP contribution in [0, 0.1) is 11.8 Å². The van der Waals surface area contributed by atoms with E-state index >= 15 is 0 Å². The lowest BCUT2D eigenvalue weighted by Gasteiger charge is -2.46. The molecule has 2 aliphatic heterocycles. The highest BCUT2D eigenvalue weighted by Gasteiger charge is 2.58. The summed E-state index contributed by atoms with van der Waals surface area (Å²) in [6.45, 7) is 6.18. The lowest BCUT2D eigenvalue weighted by Crippen LogP contribution is -2.61. The molecule has 1 aromatic rings. The second-order valence-electron chi connectivity index (χ2n) is 8.17. The van der Waals surface area contributed by atoms with E-state index in [0.29, 0.717) is 17.9 Å². The van der Waals surface area contributed by atoms with Crippen LogP contribution in [0.2, 0.25) is 5.02 Å². The van der Waals surface area contributed by atoms with Gasteiger partial charge in [0, 0.05) is 26.1 Å². The molecule has 3 heterocycles. The first-order valence-electron chi connectivity index (χ1n) is 9.93. The van der Waals surface area contributed by atoms with Crippen molar-refractivity contribution in [3.8, 4) is 11.8 Å². The third-order valence-corrected chi connectivity index (χ3v) is 10.6. The van der Waals surface area contributed by atoms with Gasteiger partial charge in [0.1, 0.15) is 16.1 Å². The lowest BCUT2D eigenvalue weighted by atomic mass is 9.82. The van der Waals surface area contributed by atoms with Crippen LogP contribution in [0.3, 0.4) is 0 Å². The van der Waals surface area contributed by atoms with Crippen molar-refractivity contribution in [1.29, 1.82) is 0 Å². The van der Waals surface area contributed by atoms with Gasteiger partial charge in [-0.05, 0) is 32.3 Å². The van der Waals surface area contributed by atoms with Gasteiger partial charge in [-0.3, -0.25) is 9.89 Å². The zero-order valence-corrected chi connectivity index (χ0v) is 18.9. The predicted octanol–water partition coefficient (Wildman–Crippen LogP) is 2.40. The van der Waals surface area contributed by atoms with Crippen LogP contribution in [0.25, 0.3) is 0 Å². The molecule has 1 aliphatic carbocycles. The Hall–Kier alpha value is -1.11. The maximum atomic E-state index is 13.0. The van der Waals surface area contributed by atoms with Crippen LogP contribution in [0.5, 0.6) is 0 Å². The molecule has 158 valence electrons. The summed E-state index contributed by atoms with van der Waals surface area (Å²) in [6.07, 6.45) is 2.78. The molecule has 1 saturated heterocycles. The minimum atomic E-state index is -3.39. The molecule has 0 bridgehead atoms. The summed E-state index contributed by atoms with van der Waals surface area (Å²) in [7, 11) is -3.39. The standard InChI is InChI=1S/C20H26ClN3O3S2/c1-19(14-29(25,26)20(6-4-7-20)18(22)23-19)17-16(21)13-15(28-17)5-2-3-8-24-9-11-27-12-10-24/h13H,3-4,6-12,14H2,1H3,(H2,22,23)/t19-/m0/s1. The molecular formula is C20H26ClN3O3S2. The molecule has 0 radical (unpaired) electrons. The molecule has 2 N–H and O–H groups in total. The first-order valence-corrected chi connectivity index (χ1v) is 12.8. The molecule has 9 heteroatoms. The van der Waals surface area contributed by atoms with E-state index in [9.17, 15) is 8.42 Å². The molecule has 1 spiro atoms. The van der Waals surface area contributed by atoms with Crippen LogP contribution >= 0.6 is 22.9 Å². The normalized spacial score (nSPS) is 28.3. The van der Waals surface area contributed by atoms with Crippen molar-refractivity contribution < 1.29 is 13.2 Å². The van der Waals surface area contributed by atoms with Crippen molar-refractivity contribution in [3.05, 3.63) is 20.8 Å². The average molecular weight is 456 g/mol. The summed E-state index contributed by atoms with van der Waals surface area (Å²) in [5, 5.41) is 0.506. The van der Waals surface area contributed by atoms with Gasteiger partial charge in [0.05, 0.1) is 33.7 Å². The Bertz CT molecular complexity index is 982. The molecule has 0 amide bonds.